The van der Waals surface area contributed by atoms with Gasteiger partial charge in [0.25, 0.3) is 0 Å². The minimum absolute atomic E-state index is 1.20. The predicted octanol–water partition coefficient (Wildman–Crippen LogP) is 14.1. The molecule has 0 aromatic heterocycles. The third-order valence-corrected chi connectivity index (χ3v) is 10.4. The highest BCUT2D eigenvalue weighted by atomic mass is 14.3. The van der Waals surface area contributed by atoms with Gasteiger partial charge in [0.05, 0.1) is 0 Å². The summed E-state index contributed by atoms with van der Waals surface area (Å²) in [6.07, 6.45) is 0. The van der Waals surface area contributed by atoms with Crippen LogP contribution in [0.4, 0.5) is 0 Å². The van der Waals surface area contributed by atoms with Crippen LogP contribution >= 0.6 is 0 Å². The summed E-state index contributed by atoms with van der Waals surface area (Å²) in [5, 5.41) is 12.6. The maximum atomic E-state index is 2.36. The Hall–Kier alpha value is -6.50. The van der Waals surface area contributed by atoms with Crippen molar-refractivity contribution >= 4 is 53.9 Å². The maximum Gasteiger partial charge on any atom is -0.000742 e. The summed E-state index contributed by atoms with van der Waals surface area (Å²) < 4.78 is 0. The third-order valence-electron chi connectivity index (χ3n) is 10.4. The van der Waals surface area contributed by atoms with E-state index in [0.29, 0.717) is 0 Å². The molecule has 10 rings (SSSR count). The van der Waals surface area contributed by atoms with Crippen molar-refractivity contribution in [3.8, 4) is 44.5 Å². The van der Waals surface area contributed by atoms with Crippen LogP contribution in [0.3, 0.4) is 0 Å². The first-order chi connectivity index (χ1) is 24.8. The Kier molecular flexibility index (Phi) is 6.60. The zero-order chi connectivity index (χ0) is 33.0. The molecule has 0 heteroatoms. The zero-order valence-electron chi connectivity index (χ0n) is 27.5. The lowest BCUT2D eigenvalue weighted by Crippen LogP contribution is -1.99. The average molecular weight is 633 g/mol. The second-order valence-corrected chi connectivity index (χ2v) is 13.2. The molecule has 0 fully saturated rings. The molecule has 232 valence electrons. The molecule has 0 saturated heterocycles. The molecule has 10 aromatic rings. The van der Waals surface area contributed by atoms with Crippen LogP contribution in [0.5, 0.6) is 0 Å². The number of hydrogen-bond donors (Lipinski definition) is 0. The molecule has 0 unspecified atom stereocenters. The number of hydrogen-bond acceptors (Lipinski definition) is 0. The molecule has 0 heterocycles. The third kappa shape index (κ3) is 4.39. The van der Waals surface area contributed by atoms with Crippen molar-refractivity contribution in [1.82, 2.24) is 0 Å². The Bertz CT molecular complexity index is 2890. The molecular weight excluding hydrogens is 601 g/mol. The largest absolute Gasteiger partial charge is 0.0622 e. The van der Waals surface area contributed by atoms with Crippen molar-refractivity contribution < 1.29 is 0 Å². The van der Waals surface area contributed by atoms with Crippen LogP contribution in [0.15, 0.2) is 194 Å². The van der Waals surface area contributed by atoms with E-state index in [0.717, 1.165) is 0 Å². The lowest BCUT2D eigenvalue weighted by molar-refractivity contribution is 1.59. The Balaban J connectivity index is 1.54. The van der Waals surface area contributed by atoms with Gasteiger partial charge in [0, 0.05) is 0 Å². The van der Waals surface area contributed by atoms with Crippen LogP contribution in [0.2, 0.25) is 0 Å². The predicted molar refractivity (Wildman–Crippen MR) is 216 cm³/mol. The minimum Gasteiger partial charge on any atom is -0.0622 e. The first kappa shape index (κ1) is 28.5. The van der Waals surface area contributed by atoms with Crippen LogP contribution in [-0.2, 0) is 0 Å². The zero-order valence-corrected chi connectivity index (χ0v) is 27.5. The lowest BCUT2D eigenvalue weighted by Gasteiger charge is -2.26. The summed E-state index contributed by atoms with van der Waals surface area (Å²) in [6, 6.07) is 71.5. The Labute approximate surface area is 291 Å². The van der Waals surface area contributed by atoms with E-state index in [1.54, 1.807) is 0 Å². The molecular formula is C50H32. The molecule has 0 bridgehead atoms. The number of rotatable bonds is 4. The molecule has 0 aliphatic carbocycles. The standard InChI is InChI=1S/C50H32/c1-3-18-36(19-4-1)46-45-32-30-35-17-9-12-25-40(35)48(45)50(43-27-13-22-33-15-7-11-24-39(33)43)49(47(46)37-20-5-2-6-21-37)44-28-14-26-41-38-23-10-8-16-34(38)29-31-42(41)44/h1-32H. The summed E-state index contributed by atoms with van der Waals surface area (Å²) in [6.45, 7) is 0. The summed E-state index contributed by atoms with van der Waals surface area (Å²) >= 11 is 0. The Morgan fingerprint density at radius 3 is 1.36 bits per heavy atom. The summed E-state index contributed by atoms with van der Waals surface area (Å²) in [4.78, 5) is 0. The van der Waals surface area contributed by atoms with Crippen molar-refractivity contribution in [1.29, 1.82) is 0 Å². The van der Waals surface area contributed by atoms with Gasteiger partial charge in [-0.2, -0.15) is 0 Å². The van der Waals surface area contributed by atoms with Gasteiger partial charge in [-0.1, -0.05) is 194 Å². The van der Waals surface area contributed by atoms with Gasteiger partial charge in [-0.15, -0.1) is 0 Å². The molecule has 0 radical (unpaired) electrons. The lowest BCUT2D eigenvalue weighted by atomic mass is 9.76. The molecule has 10 aromatic carbocycles. The molecule has 0 N–H and O–H groups in total. The maximum absolute atomic E-state index is 2.36. The van der Waals surface area contributed by atoms with E-state index >= 15 is 0 Å². The van der Waals surface area contributed by atoms with Gasteiger partial charge >= 0.3 is 0 Å². The fourth-order valence-corrected chi connectivity index (χ4v) is 8.30. The highest BCUT2D eigenvalue weighted by Crippen LogP contribution is 2.54. The smallest absolute Gasteiger partial charge is 0.000742 e. The van der Waals surface area contributed by atoms with E-state index in [2.05, 4.69) is 194 Å². The monoisotopic (exact) mass is 632 g/mol. The topological polar surface area (TPSA) is 0 Å². The van der Waals surface area contributed by atoms with Crippen LogP contribution in [-0.4, -0.2) is 0 Å². The van der Waals surface area contributed by atoms with Gasteiger partial charge in [-0.05, 0) is 98.4 Å². The quantitative estimate of drug-likeness (QED) is 0.169. The second kappa shape index (κ2) is 11.6. The van der Waals surface area contributed by atoms with E-state index in [9.17, 15) is 0 Å². The van der Waals surface area contributed by atoms with E-state index in [1.165, 1.54) is 98.4 Å². The highest BCUT2D eigenvalue weighted by Gasteiger charge is 2.27. The molecule has 50 heavy (non-hydrogen) atoms. The number of fused-ring (bicyclic) bond motifs is 7. The van der Waals surface area contributed by atoms with Gasteiger partial charge in [0.1, 0.15) is 0 Å². The highest BCUT2D eigenvalue weighted by molar-refractivity contribution is 6.28. The Morgan fingerprint density at radius 1 is 0.200 bits per heavy atom. The van der Waals surface area contributed by atoms with Crippen molar-refractivity contribution in [2.24, 2.45) is 0 Å². The van der Waals surface area contributed by atoms with Crippen molar-refractivity contribution in [3.05, 3.63) is 194 Å². The summed E-state index contributed by atoms with van der Waals surface area (Å²) in [5.74, 6) is 0. The van der Waals surface area contributed by atoms with Crippen LogP contribution in [0.25, 0.3) is 98.4 Å². The van der Waals surface area contributed by atoms with Crippen LogP contribution < -0.4 is 0 Å². The molecule has 0 spiro atoms. The van der Waals surface area contributed by atoms with Crippen molar-refractivity contribution in [2.75, 3.05) is 0 Å². The van der Waals surface area contributed by atoms with Crippen molar-refractivity contribution in [2.45, 2.75) is 0 Å². The molecule has 0 saturated carbocycles. The second-order valence-electron chi connectivity index (χ2n) is 13.2. The van der Waals surface area contributed by atoms with Gasteiger partial charge < -0.3 is 0 Å². The van der Waals surface area contributed by atoms with Gasteiger partial charge in [-0.3, -0.25) is 0 Å². The average Bonchev–Trinajstić information content (AvgIpc) is 3.20. The van der Waals surface area contributed by atoms with Gasteiger partial charge in [-0.25, -0.2) is 0 Å². The van der Waals surface area contributed by atoms with Gasteiger partial charge in [0.15, 0.2) is 0 Å². The van der Waals surface area contributed by atoms with E-state index in [4.69, 9.17) is 0 Å². The summed E-state index contributed by atoms with van der Waals surface area (Å²) in [5.41, 5.74) is 9.94. The van der Waals surface area contributed by atoms with E-state index in [-0.39, 0.29) is 0 Å². The number of benzene rings is 10. The molecule has 0 aliphatic rings. The first-order valence-corrected chi connectivity index (χ1v) is 17.4. The van der Waals surface area contributed by atoms with Gasteiger partial charge in [0.2, 0.25) is 0 Å². The molecule has 0 atom stereocenters. The fraction of sp³-hybridized carbons (Fsp3) is 0. The first-order valence-electron chi connectivity index (χ1n) is 17.4. The molecule has 0 amide bonds. The molecule has 0 aliphatic heterocycles. The van der Waals surface area contributed by atoms with E-state index < -0.39 is 0 Å². The van der Waals surface area contributed by atoms with Crippen LogP contribution in [0.1, 0.15) is 0 Å². The van der Waals surface area contributed by atoms with Crippen LogP contribution in [0, 0.1) is 0 Å². The Morgan fingerprint density at radius 2 is 0.660 bits per heavy atom. The van der Waals surface area contributed by atoms with E-state index in [1.807, 2.05) is 0 Å². The normalized spacial score (nSPS) is 11.6. The molecule has 0 nitrogen and oxygen atoms in total. The summed E-state index contributed by atoms with van der Waals surface area (Å²) in [7, 11) is 0. The van der Waals surface area contributed by atoms with Crippen molar-refractivity contribution in [3.63, 3.8) is 0 Å². The SMILES string of the molecule is c1ccc(-c2c(-c3cccc4c3ccc3ccccc34)c(-c3cccc4ccccc34)c3c(ccc4ccccc43)c2-c2ccccc2)cc1. The minimum atomic E-state index is 1.20. The fourth-order valence-electron chi connectivity index (χ4n) is 8.30.